The number of fused-ring (bicyclic) bond motifs is 4. The monoisotopic (exact) mass is 699 g/mol. The molecule has 0 bridgehead atoms. The number of hydrogen-bond acceptors (Lipinski definition) is 3. The maximum atomic E-state index is 7.67. The Labute approximate surface area is 246 Å². The van der Waals surface area contributed by atoms with Gasteiger partial charge in [0.25, 0.3) is 0 Å². The molecule has 4 nitrogen and oxygen atoms in total. The zero-order valence-corrected chi connectivity index (χ0v) is 25.1. The van der Waals surface area contributed by atoms with Crippen molar-refractivity contribution in [1.29, 1.82) is 0 Å². The van der Waals surface area contributed by atoms with Gasteiger partial charge in [-0.15, -0.1) is 43.7 Å². The molecule has 2 aliphatic carbocycles. The van der Waals surface area contributed by atoms with Gasteiger partial charge in [-0.05, 0) is 54.4 Å². The molecule has 7 rings (SSSR count). The van der Waals surface area contributed by atoms with E-state index < -0.39 is 6.85 Å². The van der Waals surface area contributed by atoms with E-state index in [-0.39, 0.29) is 32.4 Å². The summed E-state index contributed by atoms with van der Waals surface area (Å²) < 4.78 is 29.3. The second-order valence-corrected chi connectivity index (χ2v) is 12.5. The molecule has 2 saturated heterocycles. The predicted molar refractivity (Wildman–Crippen MR) is 151 cm³/mol. The van der Waals surface area contributed by atoms with Crippen molar-refractivity contribution in [3.05, 3.63) is 62.8 Å². The van der Waals surface area contributed by atoms with E-state index >= 15 is 0 Å². The zero-order valence-electron chi connectivity index (χ0n) is 24.9. The maximum Gasteiger partial charge on any atom is 0.171 e. The summed E-state index contributed by atoms with van der Waals surface area (Å²) in [5.41, 5.74) is 4.25. The summed E-state index contributed by atoms with van der Waals surface area (Å²) >= 11 is 1.98. The van der Waals surface area contributed by atoms with Crippen LogP contribution >= 0.6 is 11.8 Å². The topological polar surface area (TPSA) is 49.8 Å². The van der Waals surface area contributed by atoms with Gasteiger partial charge in [-0.1, -0.05) is 51.0 Å². The smallest absolute Gasteiger partial charge is 0.171 e. The average Bonchev–Trinajstić information content (AvgIpc) is 3.58. The van der Waals surface area contributed by atoms with Crippen LogP contribution in [0.3, 0.4) is 0 Å². The van der Waals surface area contributed by atoms with Crippen LogP contribution in [0.1, 0.15) is 82.1 Å². The van der Waals surface area contributed by atoms with E-state index in [4.69, 9.17) is 14.2 Å². The van der Waals surface area contributed by atoms with Crippen molar-refractivity contribution in [2.75, 3.05) is 18.8 Å². The minimum Gasteiger partial charge on any atom is -0.769 e. The van der Waals surface area contributed by atoms with Crippen molar-refractivity contribution in [3.8, 4) is 0 Å². The summed E-state index contributed by atoms with van der Waals surface area (Å²) in [7, 11) is 0. The first-order valence-corrected chi connectivity index (χ1v) is 15.2. The van der Waals surface area contributed by atoms with Crippen LogP contribution in [0.4, 0.5) is 0 Å². The molecule has 6 heteroatoms. The van der Waals surface area contributed by atoms with Crippen molar-refractivity contribution in [2.45, 2.75) is 90.3 Å². The largest absolute Gasteiger partial charge is 0.769 e. The maximum absolute atomic E-state index is 7.67. The molecular formula is C31H41IrN3OS-4. The summed E-state index contributed by atoms with van der Waals surface area (Å²) in [6.45, 7) is 1.98. The number of allylic oxidation sites excluding steroid dienone is 4. The number of rotatable bonds is 2. The average molecular weight is 699 g/mol. The number of aliphatic imine (C=N–C) groups is 1. The van der Waals surface area contributed by atoms with Gasteiger partial charge in [0, 0.05) is 35.8 Å². The number of ether oxygens (including phenoxy) is 1. The number of nitrogens with zero attached hydrogens (tertiary/aromatic N) is 3. The Morgan fingerprint density at radius 3 is 2.95 bits per heavy atom. The number of thioether (sulfide) groups is 1. The second-order valence-electron chi connectivity index (χ2n) is 11.3. The first-order valence-electron chi connectivity index (χ1n) is 15.7. The van der Waals surface area contributed by atoms with Crippen molar-refractivity contribution >= 4 is 17.5 Å². The molecule has 0 aromatic carbocycles. The molecule has 0 aromatic rings. The molecule has 6 atom stereocenters. The van der Waals surface area contributed by atoms with Crippen molar-refractivity contribution < 1.29 is 29.0 Å². The molecule has 0 spiro atoms. The molecule has 5 heterocycles. The van der Waals surface area contributed by atoms with E-state index in [1.807, 2.05) is 11.8 Å². The van der Waals surface area contributed by atoms with Gasteiger partial charge in [-0.25, -0.2) is 12.0 Å². The van der Waals surface area contributed by atoms with Crippen molar-refractivity contribution in [1.82, 2.24) is 0 Å². The molecule has 2 fully saturated rings. The SMILES string of the molecule is C[C@H]1CC=C(C2=[C-]CCCC2)[N-]C1.[2H]C([2H])([2H])C1=NC2OC3=C(C4[N-]CC=C5SCC[C@@H]54)[CH-]CC[C@H]3C2CC1.[Ir]. The van der Waals surface area contributed by atoms with Gasteiger partial charge in [0.2, 0.25) is 0 Å². The van der Waals surface area contributed by atoms with Gasteiger partial charge < -0.3 is 21.1 Å². The Hall–Kier alpha value is -0.941. The van der Waals surface area contributed by atoms with Gasteiger partial charge in [0.05, 0.1) is 0 Å². The Kier molecular flexibility index (Phi) is 8.07. The third kappa shape index (κ3) is 5.98. The molecule has 0 N–H and O–H groups in total. The Morgan fingerprint density at radius 2 is 2.14 bits per heavy atom. The van der Waals surface area contributed by atoms with E-state index in [0.29, 0.717) is 29.9 Å². The Bertz CT molecular complexity index is 1100. The fourth-order valence-electron chi connectivity index (χ4n) is 6.77. The molecule has 3 unspecified atom stereocenters. The van der Waals surface area contributed by atoms with Gasteiger partial charge >= 0.3 is 0 Å². The third-order valence-corrected chi connectivity index (χ3v) is 9.98. The summed E-state index contributed by atoms with van der Waals surface area (Å²) in [5, 5.41) is 9.54. The third-order valence-electron chi connectivity index (χ3n) is 8.74. The molecule has 0 saturated carbocycles. The molecule has 1 radical (unpaired) electrons. The second kappa shape index (κ2) is 12.5. The first kappa shape index (κ1) is 23.9. The van der Waals surface area contributed by atoms with Crippen LogP contribution in [0.5, 0.6) is 0 Å². The van der Waals surface area contributed by atoms with Crippen LogP contribution in [0.2, 0.25) is 0 Å². The van der Waals surface area contributed by atoms with Crippen molar-refractivity contribution in [3.63, 3.8) is 0 Å². The van der Waals surface area contributed by atoms with Gasteiger partial charge in [-0.2, -0.15) is 11.6 Å². The predicted octanol–water partition coefficient (Wildman–Crippen LogP) is 8.06. The van der Waals surface area contributed by atoms with Gasteiger partial charge in [-0.3, -0.25) is 11.1 Å². The van der Waals surface area contributed by atoms with Gasteiger partial charge in [0.15, 0.2) is 6.23 Å². The molecule has 7 aliphatic rings. The van der Waals surface area contributed by atoms with E-state index in [2.05, 4.69) is 41.9 Å². The molecule has 0 amide bonds. The normalized spacial score (nSPS) is 37.8. The van der Waals surface area contributed by atoms with E-state index in [0.717, 1.165) is 50.4 Å². The number of hydrogen-bond donors (Lipinski definition) is 0. The standard InChI is InChI=1S/C19H24N2OS.C12H17N.Ir/c1-11-5-6-13-12-3-2-4-15(18(12)22-19(13)21-11)17-14-8-10-23-16(14)7-9-20-17;1-10-7-8-12(13-9-10)11-5-3-2-4-6-11;/h4,7,12-14,17,19H,2-3,5-6,8-10H2,1H3;8,10H,2-5,7,9H2,1H3;/q2*-2;/t12-,13?,14-,17?,19?;10-;/m00./s1/i1D3;;. The minimum atomic E-state index is -2.09. The zero-order chi connectivity index (χ0) is 27.0. The summed E-state index contributed by atoms with van der Waals surface area (Å²) in [5.74, 6) is 4.24. The van der Waals surface area contributed by atoms with Crippen molar-refractivity contribution in [2.24, 2.45) is 28.7 Å². The fourth-order valence-corrected chi connectivity index (χ4v) is 8.03. The fraction of sp³-hybridized carbons (Fsp3) is 0.677. The molecule has 205 valence electrons. The quantitative estimate of drug-likeness (QED) is 0.274. The van der Waals surface area contributed by atoms with Crippen LogP contribution in [0.25, 0.3) is 10.6 Å². The van der Waals surface area contributed by atoms with E-state index in [9.17, 15) is 0 Å². The summed E-state index contributed by atoms with van der Waals surface area (Å²) in [6.07, 6.45) is 21.0. The first-order chi connectivity index (χ1) is 18.9. The molecule has 37 heavy (non-hydrogen) atoms. The van der Waals surface area contributed by atoms with E-state index in [1.54, 1.807) is 0 Å². The minimum absolute atomic E-state index is 0. The van der Waals surface area contributed by atoms with Crippen LogP contribution in [0.15, 0.2) is 44.7 Å². The summed E-state index contributed by atoms with van der Waals surface area (Å²) in [4.78, 5) is 6.03. The van der Waals surface area contributed by atoms with Crippen LogP contribution in [-0.2, 0) is 24.8 Å². The van der Waals surface area contributed by atoms with Gasteiger partial charge in [0.1, 0.15) is 0 Å². The Morgan fingerprint density at radius 1 is 1.19 bits per heavy atom. The molecular weight excluding hydrogens is 655 g/mol. The van der Waals surface area contributed by atoms with E-state index in [1.165, 1.54) is 59.6 Å². The van der Waals surface area contributed by atoms with Crippen LogP contribution in [-0.4, -0.2) is 36.8 Å². The van der Waals surface area contributed by atoms with Crippen LogP contribution < -0.4 is 0 Å². The molecule has 5 aliphatic heterocycles. The summed E-state index contributed by atoms with van der Waals surface area (Å²) in [6, 6.07) is 0.217. The Balaban J connectivity index is 0.000000195. The van der Waals surface area contributed by atoms with Crippen LogP contribution in [0, 0.1) is 36.2 Å². The molecule has 0 aromatic heterocycles.